The predicted molar refractivity (Wildman–Crippen MR) is 126 cm³/mol. The fourth-order valence-electron chi connectivity index (χ4n) is 3.79. The van der Waals surface area contributed by atoms with Gasteiger partial charge in [-0.2, -0.15) is 0 Å². The first-order chi connectivity index (χ1) is 15.3. The number of aryl methyl sites for hydroxylation is 1. The highest BCUT2D eigenvalue weighted by atomic mass is 35.5. The zero-order valence-electron chi connectivity index (χ0n) is 19.0. The van der Waals surface area contributed by atoms with Crippen molar-refractivity contribution in [3.05, 3.63) is 52.0 Å². The Morgan fingerprint density at radius 3 is 2.44 bits per heavy atom. The standard InChI is InChI=1S/C24H30ClN3O4/c1-5-27(14-23(29)26-20-12-19(25)7-6-16(20)2)15-24(30)28-9-8-17-10-21(31-3)22(32-4)11-18(17)13-28/h6-7,10-12H,5,8-9,13-15H2,1-4H3,(H,26,29). The van der Waals surface area contributed by atoms with Crippen LogP contribution in [0.4, 0.5) is 5.69 Å². The molecule has 0 aromatic heterocycles. The summed E-state index contributed by atoms with van der Waals surface area (Å²) in [5.41, 5.74) is 3.83. The van der Waals surface area contributed by atoms with Crippen LogP contribution in [-0.2, 0) is 22.6 Å². The smallest absolute Gasteiger partial charge is 0.238 e. The number of benzene rings is 2. The van der Waals surface area contributed by atoms with Crippen LogP contribution in [0.1, 0.15) is 23.6 Å². The lowest BCUT2D eigenvalue weighted by molar-refractivity contribution is -0.133. The lowest BCUT2D eigenvalue weighted by Gasteiger charge is -2.31. The number of anilines is 1. The van der Waals surface area contributed by atoms with E-state index in [4.69, 9.17) is 21.1 Å². The van der Waals surface area contributed by atoms with Crippen molar-refractivity contribution in [3.63, 3.8) is 0 Å². The molecule has 0 atom stereocenters. The summed E-state index contributed by atoms with van der Waals surface area (Å²) < 4.78 is 10.8. The van der Waals surface area contributed by atoms with Crippen LogP contribution >= 0.6 is 11.6 Å². The maximum atomic E-state index is 13.0. The van der Waals surface area contributed by atoms with E-state index in [2.05, 4.69) is 5.32 Å². The second-order valence-corrected chi connectivity index (χ2v) is 8.29. The molecule has 0 radical (unpaired) electrons. The predicted octanol–water partition coefficient (Wildman–Crippen LogP) is 3.51. The molecule has 32 heavy (non-hydrogen) atoms. The Morgan fingerprint density at radius 1 is 1.09 bits per heavy atom. The molecule has 0 spiro atoms. The van der Waals surface area contributed by atoms with E-state index in [1.165, 1.54) is 0 Å². The van der Waals surface area contributed by atoms with E-state index in [-0.39, 0.29) is 24.9 Å². The van der Waals surface area contributed by atoms with Crippen LogP contribution in [0.2, 0.25) is 5.02 Å². The monoisotopic (exact) mass is 459 g/mol. The van der Waals surface area contributed by atoms with Crippen molar-refractivity contribution in [2.45, 2.75) is 26.8 Å². The van der Waals surface area contributed by atoms with E-state index in [0.29, 0.717) is 41.8 Å². The molecule has 0 saturated heterocycles. The van der Waals surface area contributed by atoms with Gasteiger partial charge >= 0.3 is 0 Å². The van der Waals surface area contributed by atoms with Gasteiger partial charge in [0, 0.05) is 23.8 Å². The summed E-state index contributed by atoms with van der Waals surface area (Å²) in [5, 5.41) is 3.45. The third-order valence-electron chi connectivity index (χ3n) is 5.72. The molecule has 2 aromatic rings. The average Bonchev–Trinajstić information content (AvgIpc) is 2.79. The first-order valence-corrected chi connectivity index (χ1v) is 11.0. The number of fused-ring (bicyclic) bond motifs is 1. The molecule has 2 aromatic carbocycles. The molecule has 172 valence electrons. The van der Waals surface area contributed by atoms with Crippen LogP contribution in [0.25, 0.3) is 0 Å². The molecule has 0 fully saturated rings. The van der Waals surface area contributed by atoms with Gasteiger partial charge in [-0.05, 0) is 60.8 Å². The third-order valence-corrected chi connectivity index (χ3v) is 5.95. The average molecular weight is 460 g/mol. The summed E-state index contributed by atoms with van der Waals surface area (Å²) >= 11 is 6.03. The van der Waals surface area contributed by atoms with Crippen molar-refractivity contribution in [1.29, 1.82) is 0 Å². The summed E-state index contributed by atoms with van der Waals surface area (Å²) in [6, 6.07) is 9.29. The summed E-state index contributed by atoms with van der Waals surface area (Å²) in [4.78, 5) is 29.2. The van der Waals surface area contributed by atoms with Gasteiger partial charge in [-0.3, -0.25) is 14.5 Å². The first-order valence-electron chi connectivity index (χ1n) is 10.6. The Kier molecular flexibility index (Phi) is 7.99. The van der Waals surface area contributed by atoms with Crippen molar-refractivity contribution in [3.8, 4) is 11.5 Å². The van der Waals surface area contributed by atoms with E-state index in [9.17, 15) is 9.59 Å². The molecule has 1 aliphatic rings. The minimum absolute atomic E-state index is 0.000906. The lowest BCUT2D eigenvalue weighted by Crippen LogP contribution is -2.44. The van der Waals surface area contributed by atoms with Crippen LogP contribution in [0.3, 0.4) is 0 Å². The maximum absolute atomic E-state index is 13.0. The molecule has 7 nitrogen and oxygen atoms in total. The fourth-order valence-corrected chi connectivity index (χ4v) is 3.96. The Labute approximate surface area is 194 Å². The topological polar surface area (TPSA) is 71.1 Å². The Balaban J connectivity index is 1.60. The van der Waals surface area contributed by atoms with Crippen LogP contribution < -0.4 is 14.8 Å². The van der Waals surface area contributed by atoms with Crippen molar-refractivity contribution in [2.24, 2.45) is 0 Å². The number of hydrogen-bond acceptors (Lipinski definition) is 5. The van der Waals surface area contributed by atoms with Crippen molar-refractivity contribution in [2.75, 3.05) is 45.7 Å². The fraction of sp³-hybridized carbons (Fsp3) is 0.417. The van der Waals surface area contributed by atoms with Crippen molar-refractivity contribution >= 4 is 29.1 Å². The number of ether oxygens (including phenoxy) is 2. The zero-order valence-corrected chi connectivity index (χ0v) is 19.8. The lowest BCUT2D eigenvalue weighted by atomic mass is 9.98. The summed E-state index contributed by atoms with van der Waals surface area (Å²) in [6.07, 6.45) is 0.752. The van der Waals surface area contributed by atoms with Crippen molar-refractivity contribution < 1.29 is 19.1 Å². The third kappa shape index (κ3) is 5.72. The minimum atomic E-state index is -0.175. The minimum Gasteiger partial charge on any atom is -0.493 e. The summed E-state index contributed by atoms with van der Waals surface area (Å²) in [5.74, 6) is 1.18. The summed E-state index contributed by atoms with van der Waals surface area (Å²) in [7, 11) is 3.22. The molecule has 0 bridgehead atoms. The molecular weight excluding hydrogens is 430 g/mol. The van der Waals surface area contributed by atoms with Crippen LogP contribution in [0.15, 0.2) is 30.3 Å². The number of nitrogens with one attached hydrogen (secondary N) is 1. The van der Waals surface area contributed by atoms with Gasteiger partial charge in [-0.15, -0.1) is 0 Å². The van der Waals surface area contributed by atoms with Crippen LogP contribution in [0.5, 0.6) is 11.5 Å². The number of halogens is 1. The van der Waals surface area contributed by atoms with Gasteiger partial charge < -0.3 is 19.7 Å². The van der Waals surface area contributed by atoms with E-state index < -0.39 is 0 Å². The van der Waals surface area contributed by atoms with Gasteiger partial charge in [0.1, 0.15) is 0 Å². The molecule has 0 saturated carbocycles. The van der Waals surface area contributed by atoms with Gasteiger partial charge in [0.15, 0.2) is 11.5 Å². The number of likely N-dealkylation sites (N-methyl/N-ethyl adjacent to an activating group) is 1. The van der Waals surface area contributed by atoms with Gasteiger partial charge in [0.05, 0.1) is 27.3 Å². The number of amides is 2. The van der Waals surface area contributed by atoms with Crippen molar-refractivity contribution in [1.82, 2.24) is 9.80 Å². The van der Waals surface area contributed by atoms with Crippen LogP contribution in [0, 0.1) is 6.92 Å². The number of carbonyl (C=O) groups is 2. The summed E-state index contributed by atoms with van der Waals surface area (Å²) in [6.45, 7) is 5.89. The molecular formula is C24H30ClN3O4. The number of nitrogens with zero attached hydrogens (tertiary/aromatic N) is 2. The first kappa shape index (κ1) is 23.9. The molecule has 1 aliphatic heterocycles. The van der Waals surface area contributed by atoms with E-state index >= 15 is 0 Å². The highest BCUT2D eigenvalue weighted by Gasteiger charge is 2.24. The van der Waals surface area contributed by atoms with E-state index in [0.717, 1.165) is 23.1 Å². The quantitative estimate of drug-likeness (QED) is 0.654. The SMILES string of the molecule is CCN(CC(=O)Nc1cc(Cl)ccc1C)CC(=O)N1CCc2cc(OC)c(OC)cc2C1. The number of methoxy groups -OCH3 is 2. The Morgan fingerprint density at radius 2 is 1.78 bits per heavy atom. The highest BCUT2D eigenvalue weighted by molar-refractivity contribution is 6.31. The Hall–Kier alpha value is -2.77. The molecule has 0 unspecified atom stereocenters. The number of hydrogen-bond donors (Lipinski definition) is 1. The van der Waals surface area contributed by atoms with Gasteiger partial charge in [-0.1, -0.05) is 24.6 Å². The van der Waals surface area contributed by atoms with Gasteiger partial charge in [-0.25, -0.2) is 0 Å². The Bertz CT molecular complexity index is 995. The molecule has 1 heterocycles. The molecule has 2 amide bonds. The highest BCUT2D eigenvalue weighted by Crippen LogP contribution is 2.33. The zero-order chi connectivity index (χ0) is 23.3. The molecule has 8 heteroatoms. The maximum Gasteiger partial charge on any atom is 0.238 e. The second-order valence-electron chi connectivity index (χ2n) is 7.85. The van der Waals surface area contributed by atoms with E-state index in [1.807, 2.05) is 41.8 Å². The second kappa shape index (κ2) is 10.7. The van der Waals surface area contributed by atoms with Gasteiger partial charge in [0.25, 0.3) is 0 Å². The normalized spacial score (nSPS) is 13.0. The van der Waals surface area contributed by atoms with Crippen LogP contribution in [-0.4, -0.2) is 62.0 Å². The largest absolute Gasteiger partial charge is 0.493 e. The molecule has 1 N–H and O–H groups in total. The molecule has 3 rings (SSSR count). The number of carbonyl (C=O) groups excluding carboxylic acids is 2. The van der Waals surface area contributed by atoms with E-state index in [1.54, 1.807) is 26.4 Å². The molecule has 0 aliphatic carbocycles. The number of rotatable bonds is 8. The van der Waals surface area contributed by atoms with Gasteiger partial charge in [0.2, 0.25) is 11.8 Å².